The Bertz CT molecular complexity index is 1300. The van der Waals surface area contributed by atoms with Gasteiger partial charge in [0.05, 0.1) is 6.61 Å². The zero-order valence-electron chi connectivity index (χ0n) is 37.2. The first-order valence-corrected chi connectivity index (χ1v) is 24.6. The van der Waals surface area contributed by atoms with Crippen molar-refractivity contribution < 1.29 is 63.1 Å². The number of hydrogen-bond donors (Lipinski definition) is 6. The first kappa shape index (κ1) is 56.6. The highest BCUT2D eigenvalue weighted by atomic mass is 31.2. The Labute approximate surface area is 366 Å². The summed E-state index contributed by atoms with van der Waals surface area (Å²) in [5.74, 6) is -1.13. The van der Waals surface area contributed by atoms with Gasteiger partial charge in [-0.05, 0) is 77.0 Å². The maximum absolute atomic E-state index is 12.8. The molecular weight excluding hydrogens is 803 g/mol. The second-order valence-electron chi connectivity index (χ2n) is 15.9. The molecule has 0 aromatic carbocycles. The maximum atomic E-state index is 12.8. The molecule has 1 aliphatic rings. The van der Waals surface area contributed by atoms with Crippen molar-refractivity contribution in [1.82, 2.24) is 0 Å². The van der Waals surface area contributed by atoms with Crippen molar-refractivity contribution in [3.63, 3.8) is 0 Å². The van der Waals surface area contributed by atoms with E-state index in [9.17, 15) is 44.6 Å². The molecule has 1 fully saturated rings. The molecule has 1 saturated carbocycles. The summed E-state index contributed by atoms with van der Waals surface area (Å²) in [7, 11) is -5.13. The number of unbranched alkanes of at least 4 members (excludes halogenated alkanes) is 15. The van der Waals surface area contributed by atoms with Gasteiger partial charge in [-0.1, -0.05) is 139 Å². The van der Waals surface area contributed by atoms with Gasteiger partial charge >= 0.3 is 19.8 Å². The van der Waals surface area contributed by atoms with Gasteiger partial charge in [-0.15, -0.1) is 0 Å². The minimum atomic E-state index is -5.13. The lowest BCUT2D eigenvalue weighted by Crippen LogP contribution is -2.64. The summed E-state index contributed by atoms with van der Waals surface area (Å²) in [6.07, 6.45) is 31.3. The van der Waals surface area contributed by atoms with Gasteiger partial charge in [0, 0.05) is 12.8 Å². The van der Waals surface area contributed by atoms with Crippen molar-refractivity contribution in [1.29, 1.82) is 0 Å². The standard InChI is InChI=1S/C47H81O13P/c1-3-5-7-9-11-13-15-17-19-20-22-23-25-27-29-31-33-35-40(48)57-37-39(38-58-61(55,56)60-47-45(53)43(51)42(50)44(52)46(47)54)59-41(49)36-34-32-30-28-26-24-21-18-16-14-12-10-8-6-4-2/h6,8,11-14,17-19,21,39,42-47,50-54H,3-5,7,9-10,15-16,20,22-38H2,1-2H3,(H,55,56)/b8-6-,13-11-,14-12-,19-17-,21-18-/t39-,42?,43-,44?,45?,46?,47?/m1/s1. The molecule has 0 aromatic rings. The predicted molar refractivity (Wildman–Crippen MR) is 239 cm³/mol. The number of carbonyl (C=O) groups is 2. The van der Waals surface area contributed by atoms with Gasteiger partial charge in [0.2, 0.25) is 0 Å². The van der Waals surface area contributed by atoms with Crippen LogP contribution in [0, 0.1) is 0 Å². The summed E-state index contributed by atoms with van der Waals surface area (Å²) in [6, 6.07) is 0. The van der Waals surface area contributed by atoms with Crippen LogP contribution in [0.3, 0.4) is 0 Å². The van der Waals surface area contributed by atoms with E-state index in [1.165, 1.54) is 19.3 Å². The number of aliphatic hydroxyl groups excluding tert-OH is 5. The predicted octanol–water partition coefficient (Wildman–Crippen LogP) is 8.94. The maximum Gasteiger partial charge on any atom is 0.472 e. The van der Waals surface area contributed by atoms with Crippen molar-refractivity contribution in [2.75, 3.05) is 13.2 Å². The van der Waals surface area contributed by atoms with Crippen LogP contribution in [0.25, 0.3) is 0 Å². The van der Waals surface area contributed by atoms with E-state index in [2.05, 4.69) is 74.6 Å². The zero-order valence-corrected chi connectivity index (χ0v) is 38.1. The first-order chi connectivity index (χ1) is 29.4. The molecule has 61 heavy (non-hydrogen) atoms. The molecule has 0 bridgehead atoms. The molecule has 0 radical (unpaired) electrons. The topological polar surface area (TPSA) is 210 Å². The molecule has 6 unspecified atom stereocenters. The minimum absolute atomic E-state index is 0.0729. The van der Waals surface area contributed by atoms with E-state index >= 15 is 0 Å². The van der Waals surface area contributed by atoms with Crippen molar-refractivity contribution in [3.8, 4) is 0 Å². The van der Waals surface area contributed by atoms with Crippen molar-refractivity contribution >= 4 is 19.8 Å². The fourth-order valence-corrected chi connectivity index (χ4v) is 7.60. The molecule has 352 valence electrons. The van der Waals surface area contributed by atoms with Crippen LogP contribution in [0.15, 0.2) is 60.8 Å². The lowest BCUT2D eigenvalue weighted by atomic mass is 9.85. The number of carbonyl (C=O) groups excluding carboxylic acids is 2. The molecule has 0 amide bonds. The number of esters is 2. The number of hydrogen-bond acceptors (Lipinski definition) is 12. The van der Waals surface area contributed by atoms with E-state index in [4.69, 9.17) is 18.5 Å². The van der Waals surface area contributed by atoms with Crippen LogP contribution in [0.4, 0.5) is 0 Å². The fourth-order valence-electron chi connectivity index (χ4n) is 6.62. The number of allylic oxidation sites excluding steroid dienone is 10. The third kappa shape index (κ3) is 29.5. The van der Waals surface area contributed by atoms with Crippen molar-refractivity contribution in [2.45, 2.75) is 211 Å². The molecule has 0 aromatic heterocycles. The third-order valence-corrected chi connectivity index (χ3v) is 11.3. The Hall–Kier alpha value is -2.45. The lowest BCUT2D eigenvalue weighted by molar-refractivity contribution is -0.220. The SMILES string of the molecule is CC/C=C\C/C=C\C/C=C\CCCCCCCC(=O)O[C@H](COC(=O)CCCCCCCCC/C=C\C/C=C\CCCCC)COP(=O)(O)OC1C(O)C(O)C(O)[C@@H](O)C1O. The van der Waals surface area contributed by atoms with E-state index in [-0.39, 0.29) is 12.8 Å². The zero-order chi connectivity index (χ0) is 45.0. The Balaban J connectivity index is 2.47. The molecule has 13 nitrogen and oxygen atoms in total. The number of phosphoric ester groups is 1. The molecule has 0 aliphatic heterocycles. The highest BCUT2D eigenvalue weighted by Gasteiger charge is 2.51. The van der Waals surface area contributed by atoms with Crippen molar-refractivity contribution in [3.05, 3.63) is 60.8 Å². The molecule has 0 heterocycles. The largest absolute Gasteiger partial charge is 0.472 e. The Morgan fingerprint density at radius 2 is 0.934 bits per heavy atom. The van der Waals surface area contributed by atoms with Gasteiger partial charge in [-0.2, -0.15) is 0 Å². The van der Waals surface area contributed by atoms with E-state index < -0.39 is 75.7 Å². The quantitative estimate of drug-likeness (QED) is 0.0149. The Morgan fingerprint density at radius 3 is 1.43 bits per heavy atom. The van der Waals surface area contributed by atoms with Gasteiger partial charge in [-0.25, -0.2) is 4.57 Å². The number of aliphatic hydroxyl groups is 5. The summed E-state index contributed by atoms with van der Waals surface area (Å²) < 4.78 is 33.5. The molecular formula is C47H81O13P. The van der Waals surface area contributed by atoms with Gasteiger partial charge < -0.3 is 39.9 Å². The van der Waals surface area contributed by atoms with Crippen LogP contribution in [0.2, 0.25) is 0 Å². The highest BCUT2D eigenvalue weighted by Crippen LogP contribution is 2.47. The van der Waals surface area contributed by atoms with E-state index in [0.717, 1.165) is 109 Å². The number of rotatable bonds is 37. The van der Waals surface area contributed by atoms with E-state index in [1.54, 1.807) is 0 Å². The summed E-state index contributed by atoms with van der Waals surface area (Å²) in [6.45, 7) is 3.13. The molecule has 0 saturated heterocycles. The normalized spacial score (nSPS) is 22.6. The van der Waals surface area contributed by atoms with E-state index in [0.29, 0.717) is 12.8 Å². The molecule has 1 rings (SSSR count). The van der Waals surface area contributed by atoms with Crippen LogP contribution in [-0.4, -0.2) is 98.3 Å². The summed E-state index contributed by atoms with van der Waals surface area (Å²) in [5.41, 5.74) is 0. The van der Waals surface area contributed by atoms with Gasteiger partial charge in [-0.3, -0.25) is 18.6 Å². The highest BCUT2D eigenvalue weighted by molar-refractivity contribution is 7.47. The van der Waals surface area contributed by atoms with Crippen molar-refractivity contribution in [2.24, 2.45) is 0 Å². The van der Waals surface area contributed by atoms with Crippen LogP contribution in [0.5, 0.6) is 0 Å². The van der Waals surface area contributed by atoms with Crippen LogP contribution in [0.1, 0.15) is 168 Å². The van der Waals surface area contributed by atoms with E-state index in [1.807, 2.05) is 0 Å². The summed E-state index contributed by atoms with van der Waals surface area (Å²) in [5, 5.41) is 50.1. The fraction of sp³-hybridized carbons (Fsp3) is 0.745. The third-order valence-electron chi connectivity index (χ3n) is 10.3. The summed E-state index contributed by atoms with van der Waals surface area (Å²) in [4.78, 5) is 35.7. The molecule has 1 aliphatic carbocycles. The molecule has 6 N–H and O–H groups in total. The number of phosphoric acid groups is 1. The summed E-state index contributed by atoms with van der Waals surface area (Å²) >= 11 is 0. The number of ether oxygens (including phenoxy) is 2. The average molecular weight is 885 g/mol. The second-order valence-corrected chi connectivity index (χ2v) is 17.3. The Kier molecular flexibility index (Phi) is 34.3. The van der Waals surface area contributed by atoms with Crippen LogP contribution < -0.4 is 0 Å². The van der Waals surface area contributed by atoms with Gasteiger partial charge in [0.25, 0.3) is 0 Å². The van der Waals surface area contributed by atoms with Crippen LogP contribution >= 0.6 is 7.82 Å². The Morgan fingerprint density at radius 1 is 0.525 bits per heavy atom. The smallest absolute Gasteiger partial charge is 0.462 e. The lowest BCUT2D eigenvalue weighted by Gasteiger charge is -2.41. The average Bonchev–Trinajstić information content (AvgIpc) is 3.24. The molecule has 14 heteroatoms. The minimum Gasteiger partial charge on any atom is -0.462 e. The first-order valence-electron chi connectivity index (χ1n) is 23.1. The van der Waals surface area contributed by atoms with Gasteiger partial charge in [0.15, 0.2) is 6.10 Å². The van der Waals surface area contributed by atoms with Gasteiger partial charge in [0.1, 0.15) is 43.2 Å². The monoisotopic (exact) mass is 885 g/mol. The molecule has 8 atom stereocenters. The second kappa shape index (κ2) is 37.0. The molecule has 0 spiro atoms. The van der Waals surface area contributed by atoms with Crippen LogP contribution in [-0.2, 0) is 32.7 Å².